The van der Waals surface area contributed by atoms with Crippen LogP contribution in [0.1, 0.15) is 44.1 Å². The molecule has 1 spiro atoms. The van der Waals surface area contributed by atoms with Crippen LogP contribution in [-0.2, 0) is 15.1 Å². The smallest absolute Gasteiger partial charge is 0.325 e. The molecule has 1 aromatic rings. The number of hydrogen-bond donors (Lipinski definition) is 1. The molecule has 1 N–H and O–H groups in total. The minimum Gasteiger partial charge on any atom is -0.493 e. The summed E-state index contributed by atoms with van der Waals surface area (Å²) in [5, 5.41) is 12.5. The Labute approximate surface area is 169 Å². The van der Waals surface area contributed by atoms with E-state index in [0.717, 1.165) is 24.2 Å². The summed E-state index contributed by atoms with van der Waals surface area (Å²) in [6.07, 6.45) is 4.34. The van der Waals surface area contributed by atoms with Gasteiger partial charge < -0.3 is 15.0 Å². The molecule has 1 atom stereocenters. The number of hydrogen-bond acceptors (Lipinski definition) is 5. The molecule has 2 aliphatic heterocycles. The van der Waals surface area contributed by atoms with E-state index in [9.17, 15) is 19.6 Å². The predicted octanol–water partition coefficient (Wildman–Crippen LogP) is 1.90. The fraction of sp³-hybridized carbons (Fsp3) is 0.524. The lowest BCUT2D eigenvalue weighted by Gasteiger charge is -2.39. The molecule has 0 unspecified atom stereocenters. The molecule has 4 rings (SSSR count). The molecular formula is C21H24N4O4. The summed E-state index contributed by atoms with van der Waals surface area (Å²) in [5.41, 5.74) is -1.46. The maximum Gasteiger partial charge on any atom is 0.325 e. The molecule has 1 aliphatic carbocycles. The second-order valence-corrected chi connectivity index (χ2v) is 7.98. The number of nitrogens with one attached hydrogen (secondary N) is 1. The van der Waals surface area contributed by atoms with E-state index in [-0.39, 0.29) is 6.54 Å². The Morgan fingerprint density at radius 2 is 1.97 bits per heavy atom. The number of carbonyl (C=O) groups excluding carboxylic acids is 3. The number of para-hydroxylation sites is 1. The second kappa shape index (κ2) is 7.07. The fourth-order valence-electron chi connectivity index (χ4n) is 4.65. The van der Waals surface area contributed by atoms with Crippen LogP contribution in [0.5, 0.6) is 5.75 Å². The van der Waals surface area contributed by atoms with Gasteiger partial charge in [-0.1, -0.05) is 37.5 Å². The van der Waals surface area contributed by atoms with E-state index in [1.165, 1.54) is 4.90 Å². The first kappa shape index (κ1) is 19.2. The first-order valence-electron chi connectivity index (χ1n) is 9.98. The quantitative estimate of drug-likeness (QED) is 0.786. The third-order valence-corrected chi connectivity index (χ3v) is 6.46. The standard InChI is InChI=1S/C21H24N4O4/c1-24(20(14-22)9-5-2-6-10-20)17(26)13-25-18(27)21(23-19(25)28)11-12-29-16-8-4-3-7-15(16)21/h3-4,7-8H,2,5-6,9-13H2,1H3,(H,23,28)/t21-/m1/s1. The molecule has 8 heteroatoms. The molecule has 1 saturated carbocycles. The minimum absolute atomic E-state index is 0.294. The molecule has 8 nitrogen and oxygen atoms in total. The number of benzene rings is 1. The molecule has 0 radical (unpaired) electrons. The molecule has 2 heterocycles. The zero-order chi connectivity index (χ0) is 20.6. The van der Waals surface area contributed by atoms with Crippen LogP contribution < -0.4 is 10.1 Å². The Hall–Kier alpha value is -3.08. The lowest BCUT2D eigenvalue weighted by atomic mass is 9.81. The number of urea groups is 1. The van der Waals surface area contributed by atoms with Gasteiger partial charge in [0.15, 0.2) is 5.54 Å². The molecule has 29 heavy (non-hydrogen) atoms. The molecule has 1 aromatic carbocycles. The van der Waals surface area contributed by atoms with Crippen LogP contribution in [0.3, 0.4) is 0 Å². The SMILES string of the molecule is CN(C(=O)CN1C(=O)N[C@@]2(CCOc3ccccc32)C1=O)C1(C#N)CCCCC1. The van der Waals surface area contributed by atoms with E-state index in [1.54, 1.807) is 31.3 Å². The number of nitrogens with zero attached hydrogens (tertiary/aromatic N) is 3. The maximum atomic E-state index is 13.3. The van der Waals surface area contributed by atoms with Crippen molar-refractivity contribution in [2.24, 2.45) is 0 Å². The summed E-state index contributed by atoms with van der Waals surface area (Å²) in [4.78, 5) is 41.3. The molecule has 1 saturated heterocycles. The van der Waals surface area contributed by atoms with Crippen molar-refractivity contribution >= 4 is 17.8 Å². The zero-order valence-corrected chi connectivity index (χ0v) is 16.4. The number of ether oxygens (including phenoxy) is 1. The highest BCUT2D eigenvalue weighted by atomic mass is 16.5. The maximum absolute atomic E-state index is 13.3. The highest BCUT2D eigenvalue weighted by Crippen LogP contribution is 2.41. The van der Waals surface area contributed by atoms with Crippen LogP contribution in [0.15, 0.2) is 24.3 Å². The first-order chi connectivity index (χ1) is 13.9. The Morgan fingerprint density at radius 3 is 2.69 bits per heavy atom. The van der Waals surface area contributed by atoms with Crippen LogP contribution in [0.25, 0.3) is 0 Å². The van der Waals surface area contributed by atoms with Gasteiger partial charge in [0, 0.05) is 19.0 Å². The topological polar surface area (TPSA) is 103 Å². The van der Waals surface area contributed by atoms with Gasteiger partial charge in [-0.2, -0.15) is 5.26 Å². The number of rotatable bonds is 3. The van der Waals surface area contributed by atoms with Crippen molar-refractivity contribution < 1.29 is 19.1 Å². The molecule has 0 aromatic heterocycles. The summed E-state index contributed by atoms with van der Waals surface area (Å²) in [7, 11) is 1.59. The molecular weight excluding hydrogens is 372 g/mol. The number of carbonyl (C=O) groups is 3. The van der Waals surface area contributed by atoms with E-state index in [2.05, 4.69) is 11.4 Å². The number of amides is 4. The molecule has 4 amide bonds. The Morgan fingerprint density at radius 1 is 1.24 bits per heavy atom. The lowest BCUT2D eigenvalue weighted by Crippen LogP contribution is -2.53. The summed E-state index contributed by atoms with van der Waals surface area (Å²) in [6.45, 7) is -0.0857. The summed E-state index contributed by atoms with van der Waals surface area (Å²) >= 11 is 0. The highest BCUT2D eigenvalue weighted by Gasteiger charge is 2.55. The van der Waals surface area contributed by atoms with Crippen molar-refractivity contribution in [3.05, 3.63) is 29.8 Å². The summed E-state index contributed by atoms with van der Waals surface area (Å²) in [6, 6.07) is 8.82. The number of nitriles is 1. The van der Waals surface area contributed by atoms with E-state index in [1.807, 2.05) is 0 Å². The van der Waals surface area contributed by atoms with E-state index in [4.69, 9.17) is 4.74 Å². The van der Waals surface area contributed by atoms with Gasteiger partial charge in [-0.05, 0) is 18.9 Å². The minimum atomic E-state index is -1.21. The Kier molecular flexibility index (Phi) is 4.69. The zero-order valence-electron chi connectivity index (χ0n) is 16.4. The summed E-state index contributed by atoms with van der Waals surface area (Å²) in [5.74, 6) is -0.299. The van der Waals surface area contributed by atoms with E-state index in [0.29, 0.717) is 37.2 Å². The lowest BCUT2D eigenvalue weighted by molar-refractivity contribution is -0.141. The van der Waals surface area contributed by atoms with Gasteiger partial charge in [0.25, 0.3) is 5.91 Å². The van der Waals surface area contributed by atoms with Crippen molar-refractivity contribution in [2.75, 3.05) is 20.2 Å². The predicted molar refractivity (Wildman–Crippen MR) is 103 cm³/mol. The van der Waals surface area contributed by atoms with Crippen molar-refractivity contribution in [3.8, 4) is 11.8 Å². The van der Waals surface area contributed by atoms with Crippen LogP contribution in [-0.4, -0.2) is 53.4 Å². The van der Waals surface area contributed by atoms with E-state index < -0.39 is 28.9 Å². The highest BCUT2D eigenvalue weighted by molar-refractivity contribution is 6.09. The van der Waals surface area contributed by atoms with Gasteiger partial charge in [-0.3, -0.25) is 14.5 Å². The summed E-state index contributed by atoms with van der Waals surface area (Å²) < 4.78 is 5.62. The average molecular weight is 396 g/mol. The number of fused-ring (bicyclic) bond motifs is 2. The van der Waals surface area contributed by atoms with Gasteiger partial charge in [0.1, 0.15) is 17.8 Å². The van der Waals surface area contributed by atoms with Gasteiger partial charge in [0.2, 0.25) is 5.91 Å². The molecule has 3 aliphatic rings. The Balaban J connectivity index is 1.56. The monoisotopic (exact) mass is 396 g/mol. The molecule has 0 bridgehead atoms. The van der Waals surface area contributed by atoms with Crippen molar-refractivity contribution in [2.45, 2.75) is 49.6 Å². The van der Waals surface area contributed by atoms with Crippen LogP contribution in [0, 0.1) is 11.3 Å². The van der Waals surface area contributed by atoms with Crippen LogP contribution in [0.2, 0.25) is 0 Å². The fourth-order valence-corrected chi connectivity index (χ4v) is 4.65. The van der Waals surface area contributed by atoms with Gasteiger partial charge >= 0.3 is 6.03 Å². The molecule has 2 fully saturated rings. The van der Waals surface area contributed by atoms with Crippen LogP contribution in [0.4, 0.5) is 4.79 Å². The van der Waals surface area contributed by atoms with Crippen molar-refractivity contribution in [1.29, 1.82) is 5.26 Å². The third kappa shape index (κ3) is 2.92. The normalized spacial score (nSPS) is 25.0. The molecule has 152 valence electrons. The second-order valence-electron chi connectivity index (χ2n) is 7.98. The van der Waals surface area contributed by atoms with Crippen molar-refractivity contribution in [3.63, 3.8) is 0 Å². The van der Waals surface area contributed by atoms with E-state index >= 15 is 0 Å². The van der Waals surface area contributed by atoms with Gasteiger partial charge in [-0.25, -0.2) is 4.79 Å². The van der Waals surface area contributed by atoms with Crippen LogP contribution >= 0.6 is 0 Å². The van der Waals surface area contributed by atoms with Crippen molar-refractivity contribution in [1.82, 2.24) is 15.1 Å². The van der Waals surface area contributed by atoms with Gasteiger partial charge in [0.05, 0.1) is 12.7 Å². The largest absolute Gasteiger partial charge is 0.493 e. The number of likely N-dealkylation sites (N-methyl/N-ethyl adjacent to an activating group) is 1. The number of imide groups is 1. The Bertz CT molecular complexity index is 902. The third-order valence-electron chi connectivity index (χ3n) is 6.46. The first-order valence-corrected chi connectivity index (χ1v) is 9.98. The van der Waals surface area contributed by atoms with Gasteiger partial charge in [-0.15, -0.1) is 0 Å². The average Bonchev–Trinajstić information content (AvgIpc) is 2.98.